The molecule has 5 nitrogen and oxygen atoms in total. The maximum Gasteiger partial charge on any atom is 0.421 e. The quantitative estimate of drug-likeness (QED) is 0.866. The summed E-state index contributed by atoms with van der Waals surface area (Å²) < 4.78 is 6.50. The molecule has 0 spiro atoms. The zero-order valence-corrected chi connectivity index (χ0v) is 12.2. The van der Waals surface area contributed by atoms with Gasteiger partial charge in [0.1, 0.15) is 23.4 Å². The number of aryl methyl sites for hydroxylation is 1. The molecule has 2 N–H and O–H groups in total. The van der Waals surface area contributed by atoms with E-state index in [0.29, 0.717) is 5.69 Å². The summed E-state index contributed by atoms with van der Waals surface area (Å²) in [6, 6.07) is 7.80. The zero-order chi connectivity index (χ0) is 14.9. The van der Waals surface area contributed by atoms with Gasteiger partial charge in [-0.3, -0.25) is 0 Å². The minimum atomic E-state index is -0.572. The second kappa shape index (κ2) is 5.00. The molecule has 20 heavy (non-hydrogen) atoms. The first-order valence-electron chi connectivity index (χ1n) is 6.41. The van der Waals surface area contributed by atoms with Crippen LogP contribution in [0.1, 0.15) is 26.3 Å². The zero-order valence-electron chi connectivity index (χ0n) is 12.2. The highest BCUT2D eigenvalue weighted by Crippen LogP contribution is 2.25. The van der Waals surface area contributed by atoms with Crippen LogP contribution < -0.4 is 5.73 Å². The Labute approximate surface area is 118 Å². The van der Waals surface area contributed by atoms with Gasteiger partial charge < -0.3 is 10.5 Å². The number of carbonyl (C=O) groups excluding carboxylic acids is 1. The normalized spacial score (nSPS) is 11.4. The highest BCUT2D eigenvalue weighted by Gasteiger charge is 2.21. The number of benzene rings is 1. The molecule has 1 heterocycles. The van der Waals surface area contributed by atoms with Crippen LogP contribution in [0, 0.1) is 6.92 Å². The van der Waals surface area contributed by atoms with Crippen molar-refractivity contribution in [1.29, 1.82) is 0 Å². The van der Waals surface area contributed by atoms with Crippen molar-refractivity contribution in [2.75, 3.05) is 5.73 Å². The van der Waals surface area contributed by atoms with Gasteiger partial charge in [0, 0.05) is 5.56 Å². The van der Waals surface area contributed by atoms with Gasteiger partial charge in [0.05, 0.1) is 0 Å². The molecule has 0 saturated heterocycles. The second-order valence-electron chi connectivity index (χ2n) is 5.69. The van der Waals surface area contributed by atoms with Crippen LogP contribution in [0.5, 0.6) is 0 Å². The van der Waals surface area contributed by atoms with Crippen LogP contribution in [0.4, 0.5) is 10.6 Å². The van der Waals surface area contributed by atoms with Crippen LogP contribution in [0.25, 0.3) is 11.3 Å². The second-order valence-corrected chi connectivity index (χ2v) is 5.69. The lowest BCUT2D eigenvalue weighted by Crippen LogP contribution is -2.27. The summed E-state index contributed by atoms with van der Waals surface area (Å²) in [7, 11) is 0. The van der Waals surface area contributed by atoms with E-state index in [2.05, 4.69) is 4.98 Å². The number of nitrogens with zero attached hydrogens (tertiary/aromatic N) is 2. The van der Waals surface area contributed by atoms with E-state index in [1.165, 1.54) is 10.9 Å². The van der Waals surface area contributed by atoms with E-state index >= 15 is 0 Å². The number of aromatic nitrogens is 2. The van der Waals surface area contributed by atoms with E-state index in [0.717, 1.165) is 11.1 Å². The Kier molecular flexibility index (Phi) is 3.53. The first kappa shape index (κ1) is 14.1. The van der Waals surface area contributed by atoms with E-state index in [-0.39, 0.29) is 5.82 Å². The molecule has 2 aromatic rings. The largest absolute Gasteiger partial charge is 0.443 e. The molecule has 0 unspecified atom stereocenters. The molecule has 0 atom stereocenters. The Bertz CT molecular complexity index is 622. The van der Waals surface area contributed by atoms with Crippen LogP contribution in [-0.4, -0.2) is 21.2 Å². The summed E-state index contributed by atoms with van der Waals surface area (Å²) in [5.74, 6) is 0.281. The summed E-state index contributed by atoms with van der Waals surface area (Å²) >= 11 is 0. The predicted molar refractivity (Wildman–Crippen MR) is 78.4 cm³/mol. The van der Waals surface area contributed by atoms with Gasteiger partial charge in [-0.1, -0.05) is 29.8 Å². The van der Waals surface area contributed by atoms with Crippen molar-refractivity contribution in [2.24, 2.45) is 0 Å². The average Bonchev–Trinajstić information content (AvgIpc) is 2.70. The number of nitrogens with two attached hydrogens (primary N) is 1. The first-order valence-corrected chi connectivity index (χ1v) is 6.41. The number of carbonyl (C=O) groups is 1. The number of hydrogen-bond acceptors (Lipinski definition) is 4. The van der Waals surface area contributed by atoms with Gasteiger partial charge >= 0.3 is 6.09 Å². The van der Waals surface area contributed by atoms with Crippen molar-refractivity contribution in [2.45, 2.75) is 33.3 Å². The minimum absolute atomic E-state index is 0.281. The fourth-order valence-corrected chi connectivity index (χ4v) is 1.75. The number of ether oxygens (including phenoxy) is 1. The number of hydrogen-bond donors (Lipinski definition) is 1. The summed E-state index contributed by atoms with van der Waals surface area (Å²) in [6.07, 6.45) is 0.861. The van der Waals surface area contributed by atoms with Crippen LogP contribution in [0.15, 0.2) is 30.6 Å². The summed E-state index contributed by atoms with van der Waals surface area (Å²) in [5, 5.41) is 0. The van der Waals surface area contributed by atoms with Crippen molar-refractivity contribution in [1.82, 2.24) is 9.55 Å². The van der Waals surface area contributed by atoms with Gasteiger partial charge in [0.25, 0.3) is 0 Å². The molecule has 0 saturated carbocycles. The maximum atomic E-state index is 12.0. The van der Waals surface area contributed by atoms with Gasteiger partial charge in [-0.05, 0) is 27.7 Å². The monoisotopic (exact) mass is 273 g/mol. The van der Waals surface area contributed by atoms with E-state index in [9.17, 15) is 4.79 Å². The highest BCUT2D eigenvalue weighted by atomic mass is 16.6. The van der Waals surface area contributed by atoms with E-state index < -0.39 is 11.7 Å². The van der Waals surface area contributed by atoms with Crippen molar-refractivity contribution < 1.29 is 9.53 Å². The number of nitrogen functional groups attached to an aromatic ring is 1. The van der Waals surface area contributed by atoms with E-state index in [1.807, 2.05) is 31.2 Å². The van der Waals surface area contributed by atoms with Crippen molar-refractivity contribution in [3.05, 3.63) is 36.2 Å². The van der Waals surface area contributed by atoms with Crippen molar-refractivity contribution in [3.8, 4) is 11.3 Å². The predicted octanol–water partition coefficient (Wildman–Crippen LogP) is 3.22. The third-order valence-corrected chi connectivity index (χ3v) is 2.72. The summed E-state index contributed by atoms with van der Waals surface area (Å²) in [4.78, 5) is 16.2. The van der Waals surface area contributed by atoms with Gasteiger partial charge in [-0.15, -0.1) is 0 Å². The standard InChI is InChI=1S/C15H19N3O2/c1-10-5-7-11(8-6-10)12-13(16)18(9-17-12)14(19)20-15(2,3)4/h5-9H,16H2,1-4H3. The molecule has 0 fully saturated rings. The van der Waals surface area contributed by atoms with Crippen molar-refractivity contribution in [3.63, 3.8) is 0 Å². The van der Waals surface area contributed by atoms with Gasteiger partial charge in [-0.2, -0.15) is 0 Å². The van der Waals surface area contributed by atoms with Crippen LogP contribution in [-0.2, 0) is 4.74 Å². The van der Waals surface area contributed by atoms with E-state index in [1.54, 1.807) is 20.8 Å². The average molecular weight is 273 g/mol. The SMILES string of the molecule is Cc1ccc(-c2ncn(C(=O)OC(C)(C)C)c2N)cc1. The Balaban J connectivity index is 2.32. The topological polar surface area (TPSA) is 70.1 Å². The third kappa shape index (κ3) is 2.99. The Hall–Kier alpha value is -2.30. The molecule has 0 amide bonds. The molecule has 0 aliphatic heterocycles. The Morgan fingerprint density at radius 2 is 1.85 bits per heavy atom. The molecule has 1 aromatic heterocycles. The van der Waals surface area contributed by atoms with Crippen LogP contribution in [0.2, 0.25) is 0 Å². The molecular weight excluding hydrogens is 254 g/mol. The molecule has 106 valence electrons. The lowest BCUT2D eigenvalue weighted by molar-refractivity contribution is 0.0540. The third-order valence-electron chi connectivity index (χ3n) is 2.72. The Morgan fingerprint density at radius 3 is 2.40 bits per heavy atom. The van der Waals surface area contributed by atoms with Gasteiger partial charge in [-0.25, -0.2) is 14.3 Å². The number of anilines is 1. The maximum absolute atomic E-state index is 12.0. The fraction of sp³-hybridized carbons (Fsp3) is 0.333. The van der Waals surface area contributed by atoms with Crippen molar-refractivity contribution >= 4 is 11.9 Å². The molecule has 1 aromatic carbocycles. The van der Waals surface area contributed by atoms with E-state index in [4.69, 9.17) is 10.5 Å². The highest BCUT2D eigenvalue weighted by molar-refractivity contribution is 5.81. The number of imidazole rings is 1. The van der Waals surface area contributed by atoms with Crippen LogP contribution in [0.3, 0.4) is 0 Å². The lowest BCUT2D eigenvalue weighted by atomic mass is 10.1. The van der Waals surface area contributed by atoms with Crippen LogP contribution >= 0.6 is 0 Å². The molecule has 0 aliphatic carbocycles. The minimum Gasteiger partial charge on any atom is -0.443 e. The fourth-order valence-electron chi connectivity index (χ4n) is 1.75. The van der Waals surface area contributed by atoms with Gasteiger partial charge in [0.15, 0.2) is 0 Å². The smallest absolute Gasteiger partial charge is 0.421 e. The van der Waals surface area contributed by atoms with Gasteiger partial charge in [0.2, 0.25) is 0 Å². The molecule has 2 rings (SSSR count). The summed E-state index contributed by atoms with van der Waals surface area (Å²) in [5.41, 5.74) is 8.02. The summed E-state index contributed by atoms with van der Waals surface area (Å²) in [6.45, 7) is 7.42. The molecule has 0 bridgehead atoms. The molecule has 0 radical (unpaired) electrons. The Morgan fingerprint density at radius 1 is 1.25 bits per heavy atom. The molecule has 5 heteroatoms. The molecule has 0 aliphatic rings. The number of rotatable bonds is 1. The lowest BCUT2D eigenvalue weighted by Gasteiger charge is -2.19. The first-order chi connectivity index (χ1) is 9.28. The molecular formula is C15H19N3O2.